The molecular formula is C10H16ClNO2. The van der Waals surface area contributed by atoms with Gasteiger partial charge in [-0.1, -0.05) is 18.5 Å². The quantitative estimate of drug-likeness (QED) is 0.498. The molecule has 14 heavy (non-hydrogen) atoms. The molecule has 0 radical (unpaired) electrons. The molecule has 1 aliphatic heterocycles. The lowest BCUT2D eigenvalue weighted by Gasteiger charge is -2.24. The van der Waals surface area contributed by atoms with Crippen molar-refractivity contribution in [1.82, 2.24) is 5.32 Å². The molecule has 2 atom stereocenters. The summed E-state index contributed by atoms with van der Waals surface area (Å²) < 4.78 is 0. The molecule has 2 unspecified atom stereocenters. The fourth-order valence-corrected chi connectivity index (χ4v) is 1.83. The number of hydrogen-bond donors (Lipinski definition) is 3. The largest absolute Gasteiger partial charge is 0.508 e. The van der Waals surface area contributed by atoms with E-state index in [1.807, 2.05) is 6.92 Å². The van der Waals surface area contributed by atoms with Crippen LogP contribution in [0.3, 0.4) is 0 Å². The lowest BCUT2D eigenvalue weighted by molar-refractivity contribution is 0.261. The summed E-state index contributed by atoms with van der Waals surface area (Å²) in [5.41, 5.74) is 0.546. The van der Waals surface area contributed by atoms with E-state index in [2.05, 4.69) is 5.32 Å². The maximum Gasteiger partial charge on any atom is 0.124 e. The molecule has 0 aromatic heterocycles. The van der Waals surface area contributed by atoms with Crippen LogP contribution in [0.25, 0.3) is 0 Å². The van der Waals surface area contributed by atoms with Crippen molar-refractivity contribution in [3.63, 3.8) is 0 Å². The molecule has 1 aliphatic rings. The topological polar surface area (TPSA) is 52.5 Å². The van der Waals surface area contributed by atoms with Crippen LogP contribution in [0.4, 0.5) is 0 Å². The fraction of sp³-hybridized carbons (Fsp3) is 0.600. The molecule has 0 fully saturated rings. The van der Waals surface area contributed by atoms with E-state index in [1.54, 1.807) is 6.08 Å². The highest BCUT2D eigenvalue weighted by Gasteiger charge is 2.18. The molecule has 0 bridgehead atoms. The third kappa shape index (κ3) is 2.93. The minimum Gasteiger partial charge on any atom is -0.508 e. The third-order valence-electron chi connectivity index (χ3n) is 2.34. The highest BCUT2D eigenvalue weighted by Crippen LogP contribution is 2.22. The van der Waals surface area contributed by atoms with E-state index in [-0.39, 0.29) is 23.8 Å². The zero-order chi connectivity index (χ0) is 10.6. The van der Waals surface area contributed by atoms with E-state index < -0.39 is 0 Å². The molecule has 0 aromatic carbocycles. The first-order valence-electron chi connectivity index (χ1n) is 4.81. The van der Waals surface area contributed by atoms with Gasteiger partial charge >= 0.3 is 0 Å². The first-order valence-corrected chi connectivity index (χ1v) is 5.24. The Labute approximate surface area is 89.1 Å². The number of aliphatic hydroxyl groups excluding tert-OH is 2. The van der Waals surface area contributed by atoms with Gasteiger partial charge in [-0.05, 0) is 25.0 Å². The monoisotopic (exact) mass is 217 g/mol. The van der Waals surface area contributed by atoms with Crippen molar-refractivity contribution in [3.05, 3.63) is 23.6 Å². The van der Waals surface area contributed by atoms with Crippen molar-refractivity contribution in [1.29, 1.82) is 0 Å². The van der Waals surface area contributed by atoms with Gasteiger partial charge in [0.15, 0.2) is 0 Å². The number of rotatable bonds is 4. The maximum atomic E-state index is 9.36. The summed E-state index contributed by atoms with van der Waals surface area (Å²) in [5.74, 6) is 0.423. The van der Waals surface area contributed by atoms with Gasteiger partial charge in [-0.25, -0.2) is 0 Å². The van der Waals surface area contributed by atoms with E-state index in [1.165, 1.54) is 6.08 Å². The first kappa shape index (κ1) is 11.4. The molecule has 0 amide bonds. The van der Waals surface area contributed by atoms with Gasteiger partial charge < -0.3 is 15.5 Å². The molecule has 1 rings (SSSR count). The summed E-state index contributed by atoms with van der Waals surface area (Å²) in [6.45, 7) is 2.19. The highest BCUT2D eigenvalue weighted by atomic mass is 35.5. The number of allylic oxidation sites excluding steroid dienone is 2. The van der Waals surface area contributed by atoms with Crippen LogP contribution in [-0.2, 0) is 0 Å². The summed E-state index contributed by atoms with van der Waals surface area (Å²) in [7, 11) is 0. The predicted octanol–water partition coefficient (Wildman–Crippen LogP) is 1.89. The standard InChI is InChI=1S/C10H16ClNO2/c1-2-7(3-4-13)9-5-8(14)6-10(11)12-9/h5-7,10,12-14H,2-4H2,1H3. The summed E-state index contributed by atoms with van der Waals surface area (Å²) >= 11 is 5.86. The van der Waals surface area contributed by atoms with Gasteiger partial charge in [0, 0.05) is 18.2 Å². The number of aliphatic hydroxyl groups is 2. The first-order chi connectivity index (χ1) is 6.67. The highest BCUT2D eigenvalue weighted by molar-refractivity contribution is 6.21. The smallest absolute Gasteiger partial charge is 0.124 e. The average molecular weight is 218 g/mol. The Morgan fingerprint density at radius 2 is 2.36 bits per heavy atom. The van der Waals surface area contributed by atoms with Crippen LogP contribution < -0.4 is 5.32 Å². The molecule has 4 heteroatoms. The molecule has 3 nitrogen and oxygen atoms in total. The van der Waals surface area contributed by atoms with Crippen molar-refractivity contribution < 1.29 is 10.2 Å². The van der Waals surface area contributed by atoms with Crippen LogP contribution in [0.2, 0.25) is 0 Å². The summed E-state index contributed by atoms with van der Waals surface area (Å²) in [4.78, 5) is 0. The Balaban J connectivity index is 2.70. The summed E-state index contributed by atoms with van der Waals surface area (Å²) in [5, 5.41) is 21.3. The van der Waals surface area contributed by atoms with Gasteiger partial charge in [0.1, 0.15) is 11.3 Å². The fourth-order valence-electron chi connectivity index (χ4n) is 1.57. The normalized spacial score (nSPS) is 23.5. The lowest BCUT2D eigenvalue weighted by atomic mass is 9.97. The molecule has 80 valence electrons. The van der Waals surface area contributed by atoms with Crippen molar-refractivity contribution in [2.75, 3.05) is 6.61 Å². The van der Waals surface area contributed by atoms with Crippen LogP contribution in [0, 0.1) is 5.92 Å². The SMILES string of the molecule is CCC(CCO)C1=CC(O)=CC(Cl)N1. The molecule has 3 N–H and O–H groups in total. The van der Waals surface area contributed by atoms with Crippen molar-refractivity contribution in [2.45, 2.75) is 25.3 Å². The molecule has 1 heterocycles. The van der Waals surface area contributed by atoms with Crippen molar-refractivity contribution in [2.24, 2.45) is 5.92 Å². The van der Waals surface area contributed by atoms with Crippen LogP contribution >= 0.6 is 11.6 Å². The van der Waals surface area contributed by atoms with E-state index in [4.69, 9.17) is 16.7 Å². The van der Waals surface area contributed by atoms with Gasteiger partial charge in [-0.2, -0.15) is 0 Å². The summed E-state index contributed by atoms with van der Waals surface area (Å²) in [6, 6.07) is 0. The zero-order valence-electron chi connectivity index (χ0n) is 8.20. The second-order valence-corrected chi connectivity index (χ2v) is 3.82. The minimum absolute atomic E-state index is 0.148. The zero-order valence-corrected chi connectivity index (χ0v) is 8.96. The Morgan fingerprint density at radius 1 is 1.64 bits per heavy atom. The number of alkyl halides is 1. The Hall–Kier alpha value is -0.670. The Bertz CT molecular complexity index is 251. The lowest BCUT2D eigenvalue weighted by Crippen LogP contribution is -2.29. The molecule has 0 saturated carbocycles. The number of dihydropyridines is 1. The molecular weight excluding hydrogens is 202 g/mol. The number of nitrogens with one attached hydrogen (secondary N) is 1. The van der Waals surface area contributed by atoms with Crippen molar-refractivity contribution >= 4 is 11.6 Å². The Kier molecular flexibility index (Phi) is 4.29. The Morgan fingerprint density at radius 3 is 2.86 bits per heavy atom. The van der Waals surface area contributed by atoms with Crippen LogP contribution in [0.1, 0.15) is 19.8 Å². The van der Waals surface area contributed by atoms with E-state index in [9.17, 15) is 5.11 Å². The average Bonchev–Trinajstić information content (AvgIpc) is 2.12. The number of halogens is 1. The number of hydrogen-bond acceptors (Lipinski definition) is 3. The molecule has 0 spiro atoms. The van der Waals surface area contributed by atoms with Gasteiger partial charge in [0.2, 0.25) is 0 Å². The van der Waals surface area contributed by atoms with Crippen molar-refractivity contribution in [3.8, 4) is 0 Å². The second-order valence-electron chi connectivity index (χ2n) is 3.35. The van der Waals surface area contributed by atoms with Gasteiger partial charge in [-0.3, -0.25) is 0 Å². The van der Waals surface area contributed by atoms with Crippen LogP contribution in [0.15, 0.2) is 23.6 Å². The van der Waals surface area contributed by atoms with Gasteiger partial charge in [0.25, 0.3) is 0 Å². The molecule has 0 saturated heterocycles. The molecule has 0 aliphatic carbocycles. The van der Waals surface area contributed by atoms with E-state index >= 15 is 0 Å². The summed E-state index contributed by atoms with van der Waals surface area (Å²) in [6.07, 6.45) is 4.81. The predicted molar refractivity (Wildman–Crippen MR) is 57.1 cm³/mol. The second kappa shape index (κ2) is 5.27. The third-order valence-corrected chi connectivity index (χ3v) is 2.57. The van der Waals surface area contributed by atoms with E-state index in [0.717, 1.165) is 12.1 Å². The molecule has 0 aromatic rings. The van der Waals surface area contributed by atoms with Crippen LogP contribution in [-0.4, -0.2) is 22.3 Å². The van der Waals surface area contributed by atoms with Crippen LogP contribution in [0.5, 0.6) is 0 Å². The minimum atomic E-state index is -0.359. The maximum absolute atomic E-state index is 9.36. The van der Waals surface area contributed by atoms with Gasteiger partial charge in [0.05, 0.1) is 0 Å². The van der Waals surface area contributed by atoms with Gasteiger partial charge in [-0.15, -0.1) is 0 Å². The van der Waals surface area contributed by atoms with E-state index in [0.29, 0.717) is 6.42 Å².